The number of carbonyl (C=O) groups is 1. The predicted octanol–water partition coefficient (Wildman–Crippen LogP) is 2.67. The van der Waals surface area contributed by atoms with Gasteiger partial charge in [0.25, 0.3) is 0 Å². The number of ether oxygens (including phenoxy) is 1. The van der Waals surface area contributed by atoms with Crippen molar-refractivity contribution in [2.24, 2.45) is 11.3 Å². The van der Waals surface area contributed by atoms with E-state index >= 15 is 0 Å². The molecule has 1 rings (SSSR count). The monoisotopic (exact) mass is 271 g/mol. The highest BCUT2D eigenvalue weighted by atomic mass is 16.5. The third-order valence-electron chi connectivity index (χ3n) is 4.52. The molecule has 0 heterocycles. The molecule has 0 radical (unpaired) electrons. The van der Waals surface area contributed by atoms with Crippen LogP contribution in [0.25, 0.3) is 0 Å². The summed E-state index contributed by atoms with van der Waals surface area (Å²) in [6.45, 7) is 11.2. The van der Waals surface area contributed by atoms with Crippen LogP contribution >= 0.6 is 0 Å². The number of carboxylic acids is 1. The number of hydrogen-bond acceptors (Lipinski definition) is 3. The van der Waals surface area contributed by atoms with Gasteiger partial charge in [-0.25, -0.2) is 0 Å². The lowest BCUT2D eigenvalue weighted by Crippen LogP contribution is -2.64. The molecule has 2 N–H and O–H groups in total. The molecule has 0 aromatic carbocycles. The van der Waals surface area contributed by atoms with Gasteiger partial charge in [0.05, 0.1) is 6.10 Å². The summed E-state index contributed by atoms with van der Waals surface area (Å²) in [5.74, 6) is -0.365. The predicted molar refractivity (Wildman–Crippen MR) is 76.2 cm³/mol. The summed E-state index contributed by atoms with van der Waals surface area (Å²) in [6, 6.07) is -0.202. The van der Waals surface area contributed by atoms with Crippen molar-refractivity contribution >= 4 is 5.97 Å². The van der Waals surface area contributed by atoms with Crippen molar-refractivity contribution in [2.45, 2.75) is 72.1 Å². The molecular formula is C15H29NO3. The SMILES string of the molecule is CCOC1CC(NC(CC(C)C)C(=O)O)C1(C)CC. The molecule has 4 atom stereocenters. The van der Waals surface area contributed by atoms with Gasteiger partial charge in [0, 0.05) is 18.1 Å². The Kier molecular flexibility index (Phi) is 5.81. The van der Waals surface area contributed by atoms with Crippen LogP contribution in [0.15, 0.2) is 0 Å². The summed E-state index contributed by atoms with van der Waals surface area (Å²) < 4.78 is 5.75. The van der Waals surface area contributed by atoms with Gasteiger partial charge in [-0.15, -0.1) is 0 Å². The van der Waals surface area contributed by atoms with Gasteiger partial charge in [-0.3, -0.25) is 4.79 Å². The molecule has 1 saturated carbocycles. The second-order valence-corrected chi connectivity index (χ2v) is 6.28. The molecule has 112 valence electrons. The first-order chi connectivity index (χ1) is 8.85. The minimum absolute atomic E-state index is 0.0562. The molecule has 4 heteroatoms. The summed E-state index contributed by atoms with van der Waals surface area (Å²) in [5, 5.41) is 12.6. The lowest BCUT2D eigenvalue weighted by Gasteiger charge is -2.54. The fourth-order valence-electron chi connectivity index (χ4n) is 2.96. The number of nitrogens with one attached hydrogen (secondary N) is 1. The summed E-state index contributed by atoms with van der Waals surface area (Å²) in [4.78, 5) is 11.3. The van der Waals surface area contributed by atoms with Gasteiger partial charge in [-0.2, -0.15) is 0 Å². The van der Waals surface area contributed by atoms with Gasteiger partial charge in [-0.1, -0.05) is 27.7 Å². The van der Waals surface area contributed by atoms with Crippen LogP contribution in [0.3, 0.4) is 0 Å². The number of aliphatic carboxylic acids is 1. The molecule has 4 nitrogen and oxygen atoms in total. The highest BCUT2D eigenvalue weighted by Crippen LogP contribution is 2.46. The zero-order valence-corrected chi connectivity index (χ0v) is 12.9. The third kappa shape index (κ3) is 3.69. The van der Waals surface area contributed by atoms with Crippen LogP contribution in [0.5, 0.6) is 0 Å². The van der Waals surface area contributed by atoms with Gasteiger partial charge in [0.15, 0.2) is 0 Å². The molecule has 1 aliphatic rings. The Morgan fingerprint density at radius 1 is 1.47 bits per heavy atom. The van der Waals surface area contributed by atoms with Gasteiger partial charge < -0.3 is 15.2 Å². The molecule has 0 spiro atoms. The van der Waals surface area contributed by atoms with E-state index in [0.29, 0.717) is 12.3 Å². The smallest absolute Gasteiger partial charge is 0.320 e. The van der Waals surface area contributed by atoms with E-state index in [1.807, 2.05) is 6.92 Å². The molecule has 1 fully saturated rings. The standard InChI is InChI=1S/C15H29NO3/c1-6-15(5)12(9-13(15)19-7-2)16-11(14(17)18)8-10(3)4/h10-13,16H,6-9H2,1-5H3,(H,17,18). The van der Waals surface area contributed by atoms with Gasteiger partial charge >= 0.3 is 5.97 Å². The first kappa shape index (κ1) is 16.4. The molecule has 0 saturated heterocycles. The largest absolute Gasteiger partial charge is 0.480 e. The fraction of sp³-hybridized carbons (Fsp3) is 0.933. The topological polar surface area (TPSA) is 58.6 Å². The van der Waals surface area contributed by atoms with Crippen LogP contribution in [0.1, 0.15) is 53.9 Å². The Morgan fingerprint density at radius 2 is 2.11 bits per heavy atom. The Hall–Kier alpha value is -0.610. The summed E-state index contributed by atoms with van der Waals surface area (Å²) >= 11 is 0. The van der Waals surface area contributed by atoms with Crippen LogP contribution in [0, 0.1) is 11.3 Å². The maximum Gasteiger partial charge on any atom is 0.320 e. The van der Waals surface area contributed by atoms with E-state index in [4.69, 9.17) is 4.74 Å². The van der Waals surface area contributed by atoms with Crippen molar-refractivity contribution in [3.8, 4) is 0 Å². The average Bonchev–Trinajstić information content (AvgIpc) is 2.34. The number of hydrogen-bond donors (Lipinski definition) is 2. The first-order valence-corrected chi connectivity index (χ1v) is 7.45. The highest BCUT2D eigenvalue weighted by Gasteiger charge is 2.51. The van der Waals surface area contributed by atoms with E-state index in [1.54, 1.807) is 0 Å². The zero-order valence-electron chi connectivity index (χ0n) is 12.9. The van der Waals surface area contributed by atoms with E-state index in [2.05, 4.69) is 33.0 Å². The minimum atomic E-state index is -0.744. The maximum atomic E-state index is 11.3. The van der Waals surface area contributed by atoms with Crippen LogP contribution in [0.4, 0.5) is 0 Å². The Labute approximate surface area is 116 Å². The van der Waals surface area contributed by atoms with E-state index in [0.717, 1.165) is 19.4 Å². The van der Waals surface area contributed by atoms with Crippen LogP contribution in [-0.4, -0.2) is 35.9 Å². The Balaban J connectivity index is 2.63. The Bertz CT molecular complexity index is 306. The van der Waals surface area contributed by atoms with Crippen molar-refractivity contribution in [1.29, 1.82) is 0 Å². The van der Waals surface area contributed by atoms with Crippen LogP contribution < -0.4 is 5.32 Å². The molecule has 19 heavy (non-hydrogen) atoms. The van der Waals surface area contributed by atoms with E-state index < -0.39 is 12.0 Å². The van der Waals surface area contributed by atoms with Crippen LogP contribution in [0.2, 0.25) is 0 Å². The van der Waals surface area contributed by atoms with Gasteiger partial charge in [0.1, 0.15) is 6.04 Å². The summed E-state index contributed by atoms with van der Waals surface area (Å²) in [7, 11) is 0. The number of rotatable bonds is 8. The quantitative estimate of drug-likeness (QED) is 0.712. The lowest BCUT2D eigenvalue weighted by atomic mass is 9.61. The second-order valence-electron chi connectivity index (χ2n) is 6.28. The van der Waals surface area contributed by atoms with Crippen molar-refractivity contribution < 1.29 is 14.6 Å². The van der Waals surface area contributed by atoms with Crippen molar-refractivity contribution in [2.75, 3.05) is 6.61 Å². The lowest BCUT2D eigenvalue weighted by molar-refractivity contribution is -0.147. The second kappa shape index (κ2) is 6.71. The van der Waals surface area contributed by atoms with Crippen molar-refractivity contribution in [3.05, 3.63) is 0 Å². The Morgan fingerprint density at radius 3 is 2.53 bits per heavy atom. The summed E-state index contributed by atoms with van der Waals surface area (Å²) in [6.07, 6.45) is 2.85. The molecule has 0 bridgehead atoms. The molecule has 1 aliphatic carbocycles. The molecule has 4 unspecified atom stereocenters. The fourth-order valence-corrected chi connectivity index (χ4v) is 2.96. The van der Waals surface area contributed by atoms with E-state index in [-0.39, 0.29) is 17.6 Å². The molecule has 0 aliphatic heterocycles. The maximum absolute atomic E-state index is 11.3. The van der Waals surface area contributed by atoms with Crippen molar-refractivity contribution in [3.63, 3.8) is 0 Å². The minimum Gasteiger partial charge on any atom is -0.480 e. The average molecular weight is 271 g/mol. The first-order valence-electron chi connectivity index (χ1n) is 7.45. The number of carboxylic acid groups (broad SMARTS) is 1. The van der Waals surface area contributed by atoms with Gasteiger partial charge in [0.2, 0.25) is 0 Å². The van der Waals surface area contributed by atoms with E-state index in [1.165, 1.54) is 0 Å². The molecule has 0 amide bonds. The summed E-state index contributed by atoms with van der Waals surface area (Å²) in [5.41, 5.74) is 0.0562. The zero-order chi connectivity index (χ0) is 14.6. The highest BCUT2D eigenvalue weighted by molar-refractivity contribution is 5.73. The molecule has 0 aromatic rings. The van der Waals surface area contributed by atoms with E-state index in [9.17, 15) is 9.90 Å². The normalized spacial score (nSPS) is 32.1. The van der Waals surface area contributed by atoms with Crippen molar-refractivity contribution in [1.82, 2.24) is 5.32 Å². The molecule has 0 aromatic heterocycles. The third-order valence-corrected chi connectivity index (χ3v) is 4.52. The molecular weight excluding hydrogens is 242 g/mol. The van der Waals surface area contributed by atoms with Crippen LogP contribution in [-0.2, 0) is 9.53 Å². The van der Waals surface area contributed by atoms with Gasteiger partial charge in [-0.05, 0) is 32.1 Å².